The van der Waals surface area contributed by atoms with Gasteiger partial charge in [0, 0.05) is 0 Å². The number of carbonyl (C=O) groups excluding carboxylic acids is 1. The SMILES string of the molecule is CC[C@H](N)C(=O)N[C@@H](C(=O)O)[C@@H](C)CC. The highest BCUT2D eigenvalue weighted by Gasteiger charge is 2.26. The summed E-state index contributed by atoms with van der Waals surface area (Å²) in [5.41, 5.74) is 5.50. The van der Waals surface area contributed by atoms with E-state index in [1.807, 2.05) is 6.92 Å². The molecule has 0 saturated heterocycles. The molecule has 0 fully saturated rings. The minimum absolute atomic E-state index is 0.101. The molecule has 0 aromatic heterocycles. The molecule has 0 spiro atoms. The summed E-state index contributed by atoms with van der Waals surface area (Å²) < 4.78 is 0. The summed E-state index contributed by atoms with van der Waals surface area (Å²) in [6.07, 6.45) is 1.19. The fourth-order valence-electron chi connectivity index (χ4n) is 1.13. The van der Waals surface area contributed by atoms with E-state index in [-0.39, 0.29) is 5.92 Å². The van der Waals surface area contributed by atoms with Crippen LogP contribution in [0.2, 0.25) is 0 Å². The van der Waals surface area contributed by atoms with Crippen LogP contribution in [0.1, 0.15) is 33.6 Å². The molecule has 5 nitrogen and oxygen atoms in total. The third-order valence-corrected chi connectivity index (χ3v) is 2.55. The number of rotatable bonds is 6. The highest BCUT2D eigenvalue weighted by Crippen LogP contribution is 2.08. The molecule has 0 unspecified atom stereocenters. The van der Waals surface area contributed by atoms with Crippen LogP contribution in [0.3, 0.4) is 0 Å². The second-order valence-electron chi connectivity index (χ2n) is 3.72. The topological polar surface area (TPSA) is 92.4 Å². The van der Waals surface area contributed by atoms with E-state index in [0.29, 0.717) is 12.8 Å². The molecular formula is C10H20N2O3. The van der Waals surface area contributed by atoms with E-state index in [2.05, 4.69) is 5.32 Å². The van der Waals surface area contributed by atoms with E-state index in [9.17, 15) is 9.59 Å². The zero-order chi connectivity index (χ0) is 12.0. The number of hydrogen-bond acceptors (Lipinski definition) is 3. The Hall–Kier alpha value is -1.10. The van der Waals surface area contributed by atoms with Crippen molar-refractivity contribution in [3.8, 4) is 0 Å². The van der Waals surface area contributed by atoms with E-state index in [4.69, 9.17) is 10.8 Å². The van der Waals surface area contributed by atoms with Gasteiger partial charge in [0.15, 0.2) is 0 Å². The van der Waals surface area contributed by atoms with Crippen LogP contribution in [0.15, 0.2) is 0 Å². The molecule has 0 rings (SSSR count). The zero-order valence-corrected chi connectivity index (χ0v) is 9.49. The molecule has 1 amide bonds. The Morgan fingerprint density at radius 1 is 1.33 bits per heavy atom. The first-order valence-corrected chi connectivity index (χ1v) is 5.22. The molecule has 3 atom stereocenters. The van der Waals surface area contributed by atoms with Crippen molar-refractivity contribution in [2.24, 2.45) is 11.7 Å². The van der Waals surface area contributed by atoms with E-state index < -0.39 is 24.0 Å². The lowest BCUT2D eigenvalue weighted by Crippen LogP contribution is -2.50. The Labute approximate surface area is 90.0 Å². The largest absolute Gasteiger partial charge is 0.480 e. The van der Waals surface area contributed by atoms with Crippen molar-refractivity contribution in [1.82, 2.24) is 5.32 Å². The average Bonchev–Trinajstić information content (AvgIpc) is 2.22. The first kappa shape index (κ1) is 13.9. The van der Waals surface area contributed by atoms with Crippen molar-refractivity contribution < 1.29 is 14.7 Å². The van der Waals surface area contributed by atoms with Crippen LogP contribution in [-0.4, -0.2) is 29.1 Å². The Morgan fingerprint density at radius 3 is 2.20 bits per heavy atom. The van der Waals surface area contributed by atoms with E-state index >= 15 is 0 Å². The number of nitrogens with two attached hydrogens (primary N) is 1. The predicted octanol–water partition coefficient (Wildman–Crippen LogP) is 0.339. The normalized spacial score (nSPS) is 16.5. The van der Waals surface area contributed by atoms with Crippen LogP contribution in [0.25, 0.3) is 0 Å². The van der Waals surface area contributed by atoms with E-state index in [0.717, 1.165) is 0 Å². The fourth-order valence-corrected chi connectivity index (χ4v) is 1.13. The summed E-state index contributed by atoms with van der Waals surface area (Å²) in [6, 6.07) is -1.48. The number of carbonyl (C=O) groups is 2. The lowest BCUT2D eigenvalue weighted by atomic mass is 9.99. The number of nitrogens with one attached hydrogen (secondary N) is 1. The van der Waals surface area contributed by atoms with Crippen molar-refractivity contribution in [2.45, 2.75) is 45.7 Å². The number of carboxylic acid groups (broad SMARTS) is 1. The molecule has 0 aliphatic carbocycles. The molecule has 5 heteroatoms. The van der Waals surface area contributed by atoms with Crippen molar-refractivity contribution in [3.05, 3.63) is 0 Å². The second kappa shape index (κ2) is 6.40. The van der Waals surface area contributed by atoms with Gasteiger partial charge in [-0.25, -0.2) is 4.79 Å². The van der Waals surface area contributed by atoms with Crippen molar-refractivity contribution in [1.29, 1.82) is 0 Å². The van der Waals surface area contributed by atoms with Gasteiger partial charge in [0.2, 0.25) is 5.91 Å². The van der Waals surface area contributed by atoms with Crippen molar-refractivity contribution in [3.63, 3.8) is 0 Å². The maximum atomic E-state index is 11.4. The molecule has 0 aliphatic heterocycles. The minimum Gasteiger partial charge on any atom is -0.480 e. The average molecular weight is 216 g/mol. The lowest BCUT2D eigenvalue weighted by molar-refractivity contribution is -0.143. The standard InChI is InChI=1S/C10H20N2O3/c1-4-6(3)8(10(14)15)12-9(13)7(11)5-2/h6-8H,4-5,11H2,1-3H3,(H,12,13)(H,14,15)/t6-,7-,8+/m0/s1. The van der Waals surface area contributed by atoms with Crippen molar-refractivity contribution in [2.75, 3.05) is 0 Å². The second-order valence-corrected chi connectivity index (χ2v) is 3.72. The molecule has 0 aromatic carbocycles. The molecule has 15 heavy (non-hydrogen) atoms. The van der Waals surface area contributed by atoms with Crippen LogP contribution in [0, 0.1) is 5.92 Å². The lowest BCUT2D eigenvalue weighted by Gasteiger charge is -2.21. The van der Waals surface area contributed by atoms with Gasteiger partial charge in [-0.1, -0.05) is 27.2 Å². The summed E-state index contributed by atoms with van der Waals surface area (Å²) >= 11 is 0. The number of carboxylic acids is 1. The maximum Gasteiger partial charge on any atom is 0.326 e. The molecule has 88 valence electrons. The van der Waals surface area contributed by atoms with Crippen LogP contribution in [0.5, 0.6) is 0 Å². The highest BCUT2D eigenvalue weighted by atomic mass is 16.4. The summed E-state index contributed by atoms with van der Waals surface area (Å²) in [4.78, 5) is 22.3. The quantitative estimate of drug-likeness (QED) is 0.597. The number of hydrogen-bond donors (Lipinski definition) is 3. The van der Waals surface area contributed by atoms with Gasteiger partial charge in [0.1, 0.15) is 6.04 Å². The van der Waals surface area contributed by atoms with Gasteiger partial charge in [-0.05, 0) is 12.3 Å². The van der Waals surface area contributed by atoms with Gasteiger partial charge in [-0.15, -0.1) is 0 Å². The van der Waals surface area contributed by atoms with Gasteiger partial charge < -0.3 is 16.2 Å². The molecule has 0 radical (unpaired) electrons. The number of amides is 1. The Balaban J connectivity index is 4.42. The molecule has 0 saturated carbocycles. The van der Waals surface area contributed by atoms with Crippen LogP contribution in [0.4, 0.5) is 0 Å². The zero-order valence-electron chi connectivity index (χ0n) is 9.49. The van der Waals surface area contributed by atoms with Crippen LogP contribution >= 0.6 is 0 Å². The smallest absolute Gasteiger partial charge is 0.326 e. The third kappa shape index (κ3) is 4.29. The van der Waals surface area contributed by atoms with Gasteiger partial charge in [0.25, 0.3) is 0 Å². The Kier molecular flexibility index (Phi) is 5.93. The highest BCUT2D eigenvalue weighted by molar-refractivity contribution is 5.86. The summed E-state index contributed by atoms with van der Waals surface area (Å²) in [7, 11) is 0. The first-order chi connectivity index (χ1) is 6.93. The fraction of sp³-hybridized carbons (Fsp3) is 0.800. The molecule has 0 aliphatic rings. The van der Waals surface area contributed by atoms with Gasteiger partial charge in [-0.3, -0.25) is 4.79 Å². The van der Waals surface area contributed by atoms with Gasteiger partial charge in [0.05, 0.1) is 6.04 Å². The van der Waals surface area contributed by atoms with E-state index in [1.165, 1.54) is 0 Å². The maximum absolute atomic E-state index is 11.4. The molecule has 0 bridgehead atoms. The summed E-state index contributed by atoms with van der Waals surface area (Å²) in [6.45, 7) is 5.45. The van der Waals surface area contributed by atoms with Gasteiger partial charge >= 0.3 is 5.97 Å². The third-order valence-electron chi connectivity index (χ3n) is 2.55. The molecule has 0 heterocycles. The summed E-state index contributed by atoms with van der Waals surface area (Å²) in [5, 5.41) is 11.4. The predicted molar refractivity (Wildman–Crippen MR) is 57.3 cm³/mol. The summed E-state index contributed by atoms with van der Waals surface area (Å²) in [5.74, 6) is -1.51. The number of aliphatic carboxylic acids is 1. The van der Waals surface area contributed by atoms with Crippen molar-refractivity contribution >= 4 is 11.9 Å². The van der Waals surface area contributed by atoms with Crippen LogP contribution in [-0.2, 0) is 9.59 Å². The van der Waals surface area contributed by atoms with Crippen LogP contribution < -0.4 is 11.1 Å². The first-order valence-electron chi connectivity index (χ1n) is 5.22. The minimum atomic E-state index is -1.01. The Morgan fingerprint density at radius 2 is 1.87 bits per heavy atom. The monoisotopic (exact) mass is 216 g/mol. The molecule has 0 aromatic rings. The molecule has 4 N–H and O–H groups in total. The Bertz CT molecular complexity index is 231. The molecular weight excluding hydrogens is 196 g/mol. The van der Waals surface area contributed by atoms with E-state index in [1.54, 1.807) is 13.8 Å². The van der Waals surface area contributed by atoms with Gasteiger partial charge in [-0.2, -0.15) is 0 Å².